The molecule has 2 rings (SSSR count). The number of hydrogen-bond donors (Lipinski definition) is 0. The van der Waals surface area contributed by atoms with Crippen LogP contribution in [0.2, 0.25) is 0 Å². The van der Waals surface area contributed by atoms with E-state index >= 15 is 0 Å². The summed E-state index contributed by atoms with van der Waals surface area (Å²) in [5.41, 5.74) is 1.48. The Morgan fingerprint density at radius 2 is 1.61 bits per heavy atom. The fraction of sp³-hybridized carbons (Fsp3) is 0.579. The van der Waals surface area contributed by atoms with Crippen molar-refractivity contribution in [3.63, 3.8) is 0 Å². The number of sulfonamides is 1. The molecule has 0 saturated carbocycles. The third kappa shape index (κ3) is 5.15. The van der Waals surface area contributed by atoms with Gasteiger partial charge >= 0.3 is 6.09 Å². The number of nitrogens with zero attached hydrogens (tertiary/aromatic N) is 3. The molecule has 28 heavy (non-hydrogen) atoms. The molecule has 9 heteroatoms. The van der Waals surface area contributed by atoms with E-state index in [0.717, 1.165) is 11.8 Å². The standard InChI is InChI=1S/C19H29N3O5S/c1-5-17(22(28(4,25)26)16-9-7-15(3)8-10-16)18(23)20-11-13-21(14-12-20)19(24)27-6-2/h7-10,17H,5-6,11-14H2,1-4H3/t17-/m1/s1. The molecule has 156 valence electrons. The number of benzene rings is 1. The highest BCUT2D eigenvalue weighted by Crippen LogP contribution is 2.24. The van der Waals surface area contributed by atoms with Crippen molar-refractivity contribution in [3.05, 3.63) is 29.8 Å². The van der Waals surface area contributed by atoms with Gasteiger partial charge in [0.1, 0.15) is 6.04 Å². The molecule has 0 bridgehead atoms. The van der Waals surface area contributed by atoms with Crippen LogP contribution in [0.3, 0.4) is 0 Å². The minimum Gasteiger partial charge on any atom is -0.450 e. The highest BCUT2D eigenvalue weighted by Gasteiger charge is 2.35. The van der Waals surface area contributed by atoms with Gasteiger partial charge in [-0.05, 0) is 32.4 Å². The van der Waals surface area contributed by atoms with Gasteiger partial charge in [0.05, 0.1) is 18.6 Å². The van der Waals surface area contributed by atoms with Gasteiger partial charge < -0.3 is 14.5 Å². The van der Waals surface area contributed by atoms with Crippen LogP contribution in [0.15, 0.2) is 24.3 Å². The summed E-state index contributed by atoms with van der Waals surface area (Å²) in [6.07, 6.45) is 1.07. The highest BCUT2D eigenvalue weighted by atomic mass is 32.2. The van der Waals surface area contributed by atoms with E-state index in [-0.39, 0.29) is 12.0 Å². The van der Waals surface area contributed by atoms with Crippen molar-refractivity contribution in [2.24, 2.45) is 0 Å². The van der Waals surface area contributed by atoms with Gasteiger partial charge in [0, 0.05) is 26.2 Å². The average molecular weight is 412 g/mol. The van der Waals surface area contributed by atoms with E-state index in [2.05, 4.69) is 0 Å². The summed E-state index contributed by atoms with van der Waals surface area (Å²) in [4.78, 5) is 28.2. The minimum atomic E-state index is -3.66. The second-order valence-electron chi connectivity index (χ2n) is 6.83. The first-order valence-corrected chi connectivity index (χ1v) is 11.3. The second kappa shape index (κ2) is 9.27. The molecule has 0 radical (unpaired) electrons. The lowest BCUT2D eigenvalue weighted by atomic mass is 10.1. The fourth-order valence-electron chi connectivity index (χ4n) is 3.27. The summed E-state index contributed by atoms with van der Waals surface area (Å²) in [5, 5.41) is 0. The largest absolute Gasteiger partial charge is 0.450 e. The zero-order valence-electron chi connectivity index (χ0n) is 16.9. The molecule has 1 fully saturated rings. The van der Waals surface area contributed by atoms with E-state index in [0.29, 0.717) is 44.9 Å². The molecule has 0 unspecified atom stereocenters. The third-order valence-corrected chi connectivity index (χ3v) is 5.90. The highest BCUT2D eigenvalue weighted by molar-refractivity contribution is 7.92. The van der Waals surface area contributed by atoms with Crippen LogP contribution in [0.5, 0.6) is 0 Å². The number of carbonyl (C=O) groups is 2. The van der Waals surface area contributed by atoms with Crippen molar-refractivity contribution in [2.45, 2.75) is 33.2 Å². The molecular weight excluding hydrogens is 382 g/mol. The number of carbonyl (C=O) groups excluding carboxylic acids is 2. The van der Waals surface area contributed by atoms with Gasteiger partial charge in [-0.3, -0.25) is 9.10 Å². The molecule has 1 heterocycles. The van der Waals surface area contributed by atoms with Gasteiger partial charge in [-0.1, -0.05) is 24.6 Å². The molecule has 0 aliphatic carbocycles. The molecule has 1 aromatic rings. The van der Waals surface area contributed by atoms with E-state index < -0.39 is 16.1 Å². The SMILES string of the molecule is CCOC(=O)N1CCN(C(=O)[C@@H](CC)N(c2ccc(C)cc2)S(C)(=O)=O)CC1. The summed E-state index contributed by atoms with van der Waals surface area (Å²) < 4.78 is 31.2. The van der Waals surface area contributed by atoms with Crippen LogP contribution in [-0.4, -0.2) is 75.3 Å². The topological polar surface area (TPSA) is 87.2 Å². The van der Waals surface area contributed by atoms with Gasteiger partial charge in [0.25, 0.3) is 0 Å². The van der Waals surface area contributed by atoms with Gasteiger partial charge in [0.15, 0.2) is 0 Å². The molecular formula is C19H29N3O5S. The van der Waals surface area contributed by atoms with Crippen molar-refractivity contribution in [1.82, 2.24) is 9.80 Å². The van der Waals surface area contributed by atoms with Gasteiger partial charge in [-0.2, -0.15) is 0 Å². The molecule has 0 aromatic heterocycles. The van der Waals surface area contributed by atoms with Crippen LogP contribution in [0, 0.1) is 6.92 Å². The maximum absolute atomic E-state index is 13.1. The summed E-state index contributed by atoms with van der Waals surface area (Å²) in [5.74, 6) is -0.253. The molecule has 0 spiro atoms. The predicted octanol–water partition coefficient (Wildman–Crippen LogP) is 1.84. The van der Waals surface area contributed by atoms with Crippen molar-refractivity contribution >= 4 is 27.7 Å². The van der Waals surface area contributed by atoms with Crippen LogP contribution in [-0.2, 0) is 19.6 Å². The Kier molecular flexibility index (Phi) is 7.29. The number of piperazine rings is 1. The predicted molar refractivity (Wildman–Crippen MR) is 108 cm³/mol. The Bertz CT molecular complexity index is 786. The number of anilines is 1. The zero-order valence-corrected chi connectivity index (χ0v) is 17.7. The Morgan fingerprint density at radius 1 is 1.07 bits per heavy atom. The molecule has 0 N–H and O–H groups in total. The second-order valence-corrected chi connectivity index (χ2v) is 8.69. The van der Waals surface area contributed by atoms with Gasteiger partial charge in [-0.15, -0.1) is 0 Å². The minimum absolute atomic E-state index is 0.253. The Morgan fingerprint density at radius 3 is 2.07 bits per heavy atom. The number of ether oxygens (including phenoxy) is 1. The maximum Gasteiger partial charge on any atom is 0.409 e. The Balaban J connectivity index is 2.19. The monoisotopic (exact) mass is 411 g/mol. The quantitative estimate of drug-likeness (QED) is 0.713. The summed E-state index contributed by atoms with van der Waals surface area (Å²) in [6.45, 7) is 7.18. The van der Waals surface area contributed by atoms with Crippen molar-refractivity contribution in [2.75, 3.05) is 43.3 Å². The van der Waals surface area contributed by atoms with Crippen molar-refractivity contribution < 1.29 is 22.7 Å². The molecule has 1 atom stereocenters. The number of amides is 2. The number of rotatable bonds is 6. The molecule has 2 amide bonds. The van der Waals surface area contributed by atoms with E-state index in [9.17, 15) is 18.0 Å². The molecule has 1 aliphatic heterocycles. The van der Waals surface area contributed by atoms with Gasteiger partial charge in [-0.25, -0.2) is 13.2 Å². The van der Waals surface area contributed by atoms with Crippen molar-refractivity contribution in [3.8, 4) is 0 Å². The normalized spacial score (nSPS) is 15.9. The van der Waals surface area contributed by atoms with Crippen LogP contribution in [0.1, 0.15) is 25.8 Å². The lowest BCUT2D eigenvalue weighted by molar-refractivity contribution is -0.134. The third-order valence-electron chi connectivity index (χ3n) is 4.72. The van der Waals surface area contributed by atoms with E-state index in [1.54, 1.807) is 35.8 Å². The molecule has 1 saturated heterocycles. The van der Waals surface area contributed by atoms with Crippen LogP contribution >= 0.6 is 0 Å². The van der Waals surface area contributed by atoms with E-state index in [1.807, 2.05) is 19.1 Å². The maximum atomic E-state index is 13.1. The first-order chi connectivity index (χ1) is 13.2. The molecule has 1 aromatic carbocycles. The summed E-state index contributed by atoms with van der Waals surface area (Å²) >= 11 is 0. The summed E-state index contributed by atoms with van der Waals surface area (Å²) in [6, 6.07) is 6.24. The first kappa shape index (κ1) is 22.0. The lowest BCUT2D eigenvalue weighted by Crippen LogP contribution is -2.56. The summed E-state index contributed by atoms with van der Waals surface area (Å²) in [7, 11) is -3.66. The van der Waals surface area contributed by atoms with Crippen LogP contribution in [0.4, 0.5) is 10.5 Å². The molecule has 1 aliphatic rings. The van der Waals surface area contributed by atoms with Gasteiger partial charge in [0.2, 0.25) is 15.9 Å². The molecule has 8 nitrogen and oxygen atoms in total. The van der Waals surface area contributed by atoms with Crippen molar-refractivity contribution in [1.29, 1.82) is 0 Å². The zero-order chi connectivity index (χ0) is 20.9. The van der Waals surface area contributed by atoms with E-state index in [1.165, 1.54) is 4.31 Å². The Hall–Kier alpha value is -2.29. The Labute approximate surface area is 167 Å². The van der Waals surface area contributed by atoms with Crippen LogP contribution < -0.4 is 4.31 Å². The number of aryl methyl sites for hydroxylation is 1. The van der Waals surface area contributed by atoms with E-state index in [4.69, 9.17) is 4.74 Å². The smallest absolute Gasteiger partial charge is 0.409 e. The fourth-order valence-corrected chi connectivity index (χ4v) is 4.48. The first-order valence-electron chi connectivity index (χ1n) is 9.45. The lowest BCUT2D eigenvalue weighted by Gasteiger charge is -2.38. The van der Waals surface area contributed by atoms with Crippen LogP contribution in [0.25, 0.3) is 0 Å². The number of hydrogen-bond acceptors (Lipinski definition) is 5. The average Bonchev–Trinajstić information content (AvgIpc) is 2.66.